The summed E-state index contributed by atoms with van der Waals surface area (Å²) in [6.07, 6.45) is 2.19. The van der Waals surface area contributed by atoms with Gasteiger partial charge in [-0.05, 0) is 11.8 Å². The molecule has 0 spiro atoms. The molecule has 1 heteroatoms. The summed E-state index contributed by atoms with van der Waals surface area (Å²) in [7, 11) is 0. The van der Waals surface area contributed by atoms with Crippen molar-refractivity contribution in [3.8, 4) is 0 Å². The van der Waals surface area contributed by atoms with E-state index in [0.29, 0.717) is 11.8 Å². The van der Waals surface area contributed by atoms with E-state index >= 15 is 0 Å². The first-order valence-corrected chi connectivity index (χ1v) is 4.45. The van der Waals surface area contributed by atoms with E-state index in [4.69, 9.17) is 0 Å². The van der Waals surface area contributed by atoms with E-state index in [9.17, 15) is 4.79 Å². The second kappa shape index (κ2) is 3.89. The molecule has 0 aromatic rings. The molecule has 2 unspecified atom stereocenters. The Kier molecular flexibility index (Phi) is 3.77. The maximum atomic E-state index is 10.9. The van der Waals surface area contributed by atoms with E-state index in [2.05, 4.69) is 34.6 Å². The van der Waals surface area contributed by atoms with Gasteiger partial charge < -0.3 is 4.79 Å². The molecule has 0 saturated carbocycles. The molecular formula is C10H20O. The molecular weight excluding hydrogens is 136 g/mol. The van der Waals surface area contributed by atoms with E-state index in [-0.39, 0.29) is 5.41 Å². The van der Waals surface area contributed by atoms with Crippen molar-refractivity contribution in [2.45, 2.75) is 41.0 Å². The molecule has 0 N–H and O–H groups in total. The number of carbonyl (C=O) groups is 1. The van der Waals surface area contributed by atoms with Crippen LogP contribution in [0.25, 0.3) is 0 Å². The summed E-state index contributed by atoms with van der Waals surface area (Å²) in [4.78, 5) is 10.9. The van der Waals surface area contributed by atoms with Crippen LogP contribution in [0.3, 0.4) is 0 Å². The summed E-state index contributed by atoms with van der Waals surface area (Å²) in [5, 5.41) is 0. The minimum absolute atomic E-state index is 0.130. The van der Waals surface area contributed by atoms with Gasteiger partial charge >= 0.3 is 0 Å². The lowest BCUT2D eigenvalue weighted by atomic mass is 9.70. The van der Waals surface area contributed by atoms with Gasteiger partial charge in [0.25, 0.3) is 0 Å². The lowest BCUT2D eigenvalue weighted by Gasteiger charge is -2.33. The van der Waals surface area contributed by atoms with Crippen LogP contribution < -0.4 is 0 Å². The zero-order chi connectivity index (χ0) is 9.07. The largest absolute Gasteiger partial charge is 0.303 e. The van der Waals surface area contributed by atoms with Crippen LogP contribution in [-0.2, 0) is 4.79 Å². The van der Waals surface area contributed by atoms with E-state index < -0.39 is 0 Å². The van der Waals surface area contributed by atoms with Gasteiger partial charge in [0, 0.05) is 5.41 Å². The molecule has 0 aromatic carbocycles. The van der Waals surface area contributed by atoms with Gasteiger partial charge in [-0.2, -0.15) is 0 Å². The van der Waals surface area contributed by atoms with Crippen LogP contribution in [0, 0.1) is 17.3 Å². The fourth-order valence-electron chi connectivity index (χ4n) is 1.26. The summed E-state index contributed by atoms with van der Waals surface area (Å²) in [6, 6.07) is 0. The van der Waals surface area contributed by atoms with Crippen molar-refractivity contribution < 1.29 is 4.79 Å². The van der Waals surface area contributed by atoms with Crippen LogP contribution >= 0.6 is 0 Å². The average molecular weight is 156 g/mol. The molecule has 0 fully saturated rings. The predicted molar refractivity (Wildman–Crippen MR) is 48.5 cm³/mol. The lowest BCUT2D eigenvalue weighted by molar-refractivity contribution is -0.120. The highest BCUT2D eigenvalue weighted by molar-refractivity contribution is 5.59. The number of hydrogen-bond donors (Lipinski definition) is 0. The Morgan fingerprint density at radius 3 is 1.91 bits per heavy atom. The molecule has 66 valence electrons. The maximum Gasteiger partial charge on any atom is 0.126 e. The van der Waals surface area contributed by atoms with Gasteiger partial charge in [0.05, 0.1) is 0 Å². The summed E-state index contributed by atoms with van der Waals surface area (Å²) < 4.78 is 0. The fraction of sp³-hybridized carbons (Fsp3) is 0.900. The molecule has 0 aliphatic heterocycles. The standard InChI is InChI=1S/C10H20O/c1-6-9(4)10(5,7-11)8(2)3/h7-9H,6H2,1-5H3. The zero-order valence-electron chi connectivity index (χ0n) is 8.35. The van der Waals surface area contributed by atoms with Gasteiger partial charge in [0.2, 0.25) is 0 Å². The highest BCUT2D eigenvalue weighted by atomic mass is 16.1. The van der Waals surface area contributed by atoms with Crippen LogP contribution in [0.2, 0.25) is 0 Å². The Labute approximate surface area is 70.2 Å². The third-order valence-corrected chi connectivity index (χ3v) is 3.17. The van der Waals surface area contributed by atoms with Crippen LogP contribution in [-0.4, -0.2) is 6.29 Å². The van der Waals surface area contributed by atoms with Crippen molar-refractivity contribution in [2.24, 2.45) is 17.3 Å². The molecule has 0 aliphatic carbocycles. The second-order valence-electron chi connectivity index (χ2n) is 3.95. The number of carbonyl (C=O) groups excluding carboxylic acids is 1. The summed E-state index contributed by atoms with van der Waals surface area (Å²) in [5.74, 6) is 0.926. The van der Waals surface area contributed by atoms with Crippen molar-refractivity contribution in [3.63, 3.8) is 0 Å². The smallest absolute Gasteiger partial charge is 0.126 e. The number of rotatable bonds is 4. The Morgan fingerprint density at radius 1 is 1.36 bits per heavy atom. The van der Waals surface area contributed by atoms with Crippen LogP contribution in [0.4, 0.5) is 0 Å². The molecule has 0 saturated heterocycles. The second-order valence-corrected chi connectivity index (χ2v) is 3.95. The van der Waals surface area contributed by atoms with Crippen molar-refractivity contribution in [3.05, 3.63) is 0 Å². The van der Waals surface area contributed by atoms with Crippen LogP contribution in [0.15, 0.2) is 0 Å². The Balaban J connectivity index is 4.44. The molecule has 0 amide bonds. The Morgan fingerprint density at radius 2 is 1.82 bits per heavy atom. The van der Waals surface area contributed by atoms with Crippen molar-refractivity contribution >= 4 is 6.29 Å². The molecule has 0 aromatic heterocycles. The van der Waals surface area contributed by atoms with Crippen molar-refractivity contribution in [2.75, 3.05) is 0 Å². The van der Waals surface area contributed by atoms with Crippen molar-refractivity contribution in [1.82, 2.24) is 0 Å². The van der Waals surface area contributed by atoms with Gasteiger partial charge in [0.1, 0.15) is 6.29 Å². The van der Waals surface area contributed by atoms with E-state index in [0.717, 1.165) is 12.7 Å². The van der Waals surface area contributed by atoms with Gasteiger partial charge in [-0.25, -0.2) is 0 Å². The van der Waals surface area contributed by atoms with Gasteiger partial charge in [-0.3, -0.25) is 0 Å². The third kappa shape index (κ3) is 2.05. The first-order chi connectivity index (χ1) is 4.99. The van der Waals surface area contributed by atoms with E-state index in [1.807, 2.05) is 0 Å². The summed E-state index contributed by atoms with van der Waals surface area (Å²) in [5.41, 5.74) is -0.130. The zero-order valence-corrected chi connectivity index (χ0v) is 8.35. The van der Waals surface area contributed by atoms with Gasteiger partial charge in [0.15, 0.2) is 0 Å². The Bertz CT molecular complexity index is 129. The van der Waals surface area contributed by atoms with Crippen LogP contribution in [0.1, 0.15) is 41.0 Å². The normalized spacial score (nSPS) is 19.5. The SMILES string of the molecule is CCC(C)C(C)(C=O)C(C)C. The summed E-state index contributed by atoms with van der Waals surface area (Å²) in [6.45, 7) is 10.6. The molecule has 0 radical (unpaired) electrons. The first-order valence-electron chi connectivity index (χ1n) is 4.45. The Hall–Kier alpha value is -0.330. The average Bonchev–Trinajstić information content (AvgIpc) is 2.01. The maximum absolute atomic E-state index is 10.9. The minimum atomic E-state index is -0.130. The first kappa shape index (κ1) is 10.7. The van der Waals surface area contributed by atoms with E-state index in [1.165, 1.54) is 0 Å². The molecule has 2 atom stereocenters. The number of hydrogen-bond acceptors (Lipinski definition) is 1. The van der Waals surface area contributed by atoms with Crippen LogP contribution in [0.5, 0.6) is 0 Å². The van der Waals surface area contributed by atoms with Gasteiger partial charge in [-0.15, -0.1) is 0 Å². The molecule has 0 heterocycles. The molecule has 0 aliphatic rings. The topological polar surface area (TPSA) is 17.1 Å². The monoisotopic (exact) mass is 156 g/mol. The van der Waals surface area contributed by atoms with Gasteiger partial charge in [-0.1, -0.05) is 41.0 Å². The van der Waals surface area contributed by atoms with Crippen molar-refractivity contribution in [1.29, 1.82) is 0 Å². The molecule has 0 bridgehead atoms. The number of aldehydes is 1. The quantitative estimate of drug-likeness (QED) is 0.572. The highest BCUT2D eigenvalue weighted by Crippen LogP contribution is 2.34. The fourth-order valence-corrected chi connectivity index (χ4v) is 1.26. The predicted octanol–water partition coefficient (Wildman–Crippen LogP) is 2.89. The molecule has 1 nitrogen and oxygen atoms in total. The lowest BCUT2D eigenvalue weighted by Crippen LogP contribution is -2.32. The third-order valence-electron chi connectivity index (χ3n) is 3.17. The summed E-state index contributed by atoms with van der Waals surface area (Å²) >= 11 is 0. The minimum Gasteiger partial charge on any atom is -0.303 e. The highest BCUT2D eigenvalue weighted by Gasteiger charge is 2.32. The van der Waals surface area contributed by atoms with E-state index in [1.54, 1.807) is 0 Å². The molecule has 11 heavy (non-hydrogen) atoms. The molecule has 0 rings (SSSR count).